The molecule has 1 N–H and O–H groups in total. The average molecular weight is 258 g/mol. The lowest BCUT2D eigenvalue weighted by Crippen LogP contribution is -2.39. The maximum absolute atomic E-state index is 5.22. The SMILES string of the molecule is CN1CCCC(Nc2cccc(-c3nnco3)c2)C1. The molecule has 1 aromatic heterocycles. The van der Waals surface area contributed by atoms with Crippen LogP contribution in [0.2, 0.25) is 0 Å². The smallest absolute Gasteiger partial charge is 0.247 e. The first-order valence-electron chi connectivity index (χ1n) is 6.63. The van der Waals surface area contributed by atoms with Crippen LogP contribution in [-0.4, -0.2) is 41.3 Å². The highest BCUT2D eigenvalue weighted by atomic mass is 16.4. The molecule has 100 valence electrons. The molecule has 5 nitrogen and oxygen atoms in total. The van der Waals surface area contributed by atoms with Crippen LogP contribution in [0.1, 0.15) is 12.8 Å². The Morgan fingerprint density at radius 2 is 2.37 bits per heavy atom. The fourth-order valence-corrected chi connectivity index (χ4v) is 2.56. The second kappa shape index (κ2) is 5.40. The van der Waals surface area contributed by atoms with Crippen LogP contribution in [0.15, 0.2) is 35.1 Å². The van der Waals surface area contributed by atoms with E-state index in [2.05, 4.69) is 39.6 Å². The van der Waals surface area contributed by atoms with Gasteiger partial charge in [0.1, 0.15) is 0 Å². The van der Waals surface area contributed by atoms with Gasteiger partial charge in [-0.3, -0.25) is 0 Å². The van der Waals surface area contributed by atoms with E-state index in [1.165, 1.54) is 25.8 Å². The minimum Gasteiger partial charge on any atom is -0.423 e. The Hall–Kier alpha value is -1.88. The van der Waals surface area contributed by atoms with E-state index >= 15 is 0 Å². The third-order valence-corrected chi connectivity index (χ3v) is 3.46. The summed E-state index contributed by atoms with van der Waals surface area (Å²) in [6.07, 6.45) is 3.82. The number of likely N-dealkylation sites (tertiary alicyclic amines) is 1. The number of aromatic nitrogens is 2. The molecule has 1 unspecified atom stereocenters. The molecular weight excluding hydrogens is 240 g/mol. The summed E-state index contributed by atoms with van der Waals surface area (Å²) >= 11 is 0. The maximum Gasteiger partial charge on any atom is 0.247 e. The minimum atomic E-state index is 0.511. The molecule has 2 heterocycles. The molecule has 1 aromatic carbocycles. The first-order valence-corrected chi connectivity index (χ1v) is 6.63. The van der Waals surface area contributed by atoms with E-state index in [-0.39, 0.29) is 0 Å². The van der Waals surface area contributed by atoms with Crippen LogP contribution in [-0.2, 0) is 0 Å². The van der Waals surface area contributed by atoms with Gasteiger partial charge in [-0.15, -0.1) is 10.2 Å². The summed E-state index contributed by atoms with van der Waals surface area (Å²) in [6, 6.07) is 8.63. The standard InChI is InChI=1S/C14H18N4O/c1-18-7-3-6-13(9-18)16-12-5-2-4-11(8-12)14-17-15-10-19-14/h2,4-5,8,10,13,16H,3,6-7,9H2,1H3. The largest absolute Gasteiger partial charge is 0.423 e. The van der Waals surface area contributed by atoms with E-state index in [1.54, 1.807) is 0 Å². The lowest BCUT2D eigenvalue weighted by atomic mass is 10.1. The van der Waals surface area contributed by atoms with Crippen LogP contribution >= 0.6 is 0 Å². The molecule has 3 rings (SSSR count). The summed E-state index contributed by atoms with van der Waals surface area (Å²) in [5.41, 5.74) is 2.06. The zero-order chi connectivity index (χ0) is 13.1. The minimum absolute atomic E-state index is 0.511. The van der Waals surface area contributed by atoms with Crippen molar-refractivity contribution in [2.75, 3.05) is 25.5 Å². The van der Waals surface area contributed by atoms with Gasteiger partial charge in [0.15, 0.2) is 0 Å². The summed E-state index contributed by atoms with van der Waals surface area (Å²) in [5, 5.41) is 11.2. The molecule has 1 saturated heterocycles. The van der Waals surface area contributed by atoms with Crippen molar-refractivity contribution >= 4 is 5.69 Å². The molecule has 0 amide bonds. The van der Waals surface area contributed by atoms with Crippen molar-refractivity contribution in [2.45, 2.75) is 18.9 Å². The number of benzene rings is 1. The number of rotatable bonds is 3. The molecule has 2 aromatic rings. The predicted molar refractivity (Wildman–Crippen MR) is 73.9 cm³/mol. The second-order valence-electron chi connectivity index (χ2n) is 5.07. The average Bonchev–Trinajstić information content (AvgIpc) is 2.93. The zero-order valence-corrected chi connectivity index (χ0v) is 11.0. The number of likely N-dealkylation sites (N-methyl/N-ethyl adjacent to an activating group) is 1. The molecule has 0 radical (unpaired) electrons. The van der Waals surface area contributed by atoms with Gasteiger partial charge in [-0.25, -0.2) is 0 Å². The second-order valence-corrected chi connectivity index (χ2v) is 5.07. The van der Waals surface area contributed by atoms with Crippen molar-refractivity contribution < 1.29 is 4.42 Å². The van der Waals surface area contributed by atoms with Gasteiger partial charge in [0.2, 0.25) is 12.3 Å². The normalized spacial score (nSPS) is 20.4. The number of nitrogens with zero attached hydrogens (tertiary/aromatic N) is 3. The highest BCUT2D eigenvalue weighted by molar-refractivity contribution is 5.61. The van der Waals surface area contributed by atoms with Crippen molar-refractivity contribution in [3.05, 3.63) is 30.7 Å². The van der Waals surface area contributed by atoms with Crippen LogP contribution in [0.3, 0.4) is 0 Å². The maximum atomic E-state index is 5.22. The third-order valence-electron chi connectivity index (χ3n) is 3.46. The number of hydrogen-bond donors (Lipinski definition) is 1. The highest BCUT2D eigenvalue weighted by Crippen LogP contribution is 2.22. The van der Waals surface area contributed by atoms with Gasteiger partial charge in [0.05, 0.1) is 0 Å². The van der Waals surface area contributed by atoms with Crippen molar-refractivity contribution in [1.82, 2.24) is 15.1 Å². The quantitative estimate of drug-likeness (QED) is 0.915. The number of piperidine rings is 1. The van der Waals surface area contributed by atoms with E-state index in [0.717, 1.165) is 17.8 Å². The molecule has 1 aliphatic rings. The molecule has 0 spiro atoms. The Morgan fingerprint density at radius 3 is 3.16 bits per heavy atom. The Labute approximate surface area is 112 Å². The summed E-state index contributed by atoms with van der Waals surface area (Å²) in [7, 11) is 2.17. The third kappa shape index (κ3) is 2.93. The van der Waals surface area contributed by atoms with Crippen molar-refractivity contribution in [1.29, 1.82) is 0 Å². The lowest BCUT2D eigenvalue weighted by molar-refractivity contribution is 0.261. The topological polar surface area (TPSA) is 54.2 Å². The molecule has 5 heteroatoms. The lowest BCUT2D eigenvalue weighted by Gasteiger charge is -2.30. The summed E-state index contributed by atoms with van der Waals surface area (Å²) < 4.78 is 5.22. The van der Waals surface area contributed by atoms with Crippen molar-refractivity contribution in [3.63, 3.8) is 0 Å². The van der Waals surface area contributed by atoms with Crippen LogP contribution in [0, 0.1) is 0 Å². The van der Waals surface area contributed by atoms with E-state index in [9.17, 15) is 0 Å². The molecule has 1 atom stereocenters. The van der Waals surface area contributed by atoms with Crippen LogP contribution < -0.4 is 5.32 Å². The van der Waals surface area contributed by atoms with Crippen molar-refractivity contribution in [2.24, 2.45) is 0 Å². The number of anilines is 1. The Bertz CT molecular complexity index is 526. The van der Waals surface area contributed by atoms with Crippen LogP contribution in [0.4, 0.5) is 5.69 Å². The molecule has 0 saturated carbocycles. The first kappa shape index (κ1) is 12.2. The summed E-state index contributed by atoms with van der Waals surface area (Å²) in [6.45, 7) is 2.28. The predicted octanol–water partition coefficient (Wildman–Crippen LogP) is 2.24. The Kier molecular flexibility index (Phi) is 3.46. The van der Waals surface area contributed by atoms with Gasteiger partial charge < -0.3 is 14.6 Å². The van der Waals surface area contributed by atoms with Gasteiger partial charge in [-0.1, -0.05) is 6.07 Å². The molecular formula is C14H18N4O. The fourth-order valence-electron chi connectivity index (χ4n) is 2.56. The molecule has 0 bridgehead atoms. The summed E-state index contributed by atoms with van der Waals surface area (Å²) in [4.78, 5) is 2.36. The van der Waals surface area contributed by atoms with Gasteiger partial charge in [-0.2, -0.15) is 0 Å². The van der Waals surface area contributed by atoms with E-state index in [4.69, 9.17) is 4.42 Å². The molecule has 1 aliphatic heterocycles. The van der Waals surface area contributed by atoms with Gasteiger partial charge in [-0.05, 0) is 44.6 Å². The number of hydrogen-bond acceptors (Lipinski definition) is 5. The van der Waals surface area contributed by atoms with E-state index in [0.29, 0.717) is 11.9 Å². The van der Waals surface area contributed by atoms with E-state index in [1.807, 2.05) is 12.1 Å². The summed E-state index contributed by atoms with van der Waals surface area (Å²) in [5.74, 6) is 0.560. The van der Waals surface area contributed by atoms with E-state index < -0.39 is 0 Å². The van der Waals surface area contributed by atoms with Gasteiger partial charge in [0, 0.05) is 23.8 Å². The van der Waals surface area contributed by atoms with Gasteiger partial charge in [0.25, 0.3) is 0 Å². The van der Waals surface area contributed by atoms with Crippen LogP contribution in [0.25, 0.3) is 11.5 Å². The Morgan fingerprint density at radius 1 is 1.42 bits per heavy atom. The van der Waals surface area contributed by atoms with Crippen molar-refractivity contribution in [3.8, 4) is 11.5 Å². The number of nitrogens with one attached hydrogen (secondary N) is 1. The Balaban J connectivity index is 1.73. The van der Waals surface area contributed by atoms with Gasteiger partial charge >= 0.3 is 0 Å². The van der Waals surface area contributed by atoms with Crippen LogP contribution in [0.5, 0.6) is 0 Å². The molecule has 0 aliphatic carbocycles. The first-order chi connectivity index (χ1) is 9.31. The molecule has 19 heavy (non-hydrogen) atoms. The molecule has 1 fully saturated rings. The highest BCUT2D eigenvalue weighted by Gasteiger charge is 2.16. The fraction of sp³-hybridized carbons (Fsp3) is 0.429. The monoisotopic (exact) mass is 258 g/mol. The zero-order valence-electron chi connectivity index (χ0n) is 11.0.